The molecule has 1 amide bonds. The maximum Gasteiger partial charge on any atom is 0.236 e. The molecule has 0 radical (unpaired) electrons. The van der Waals surface area contributed by atoms with Gasteiger partial charge in [0.2, 0.25) is 5.91 Å². The number of nitrogens with zero attached hydrogens (tertiary/aromatic N) is 1. The molecule has 4 nitrogen and oxygen atoms in total. The highest BCUT2D eigenvalue weighted by Gasteiger charge is 1.91. The molecule has 14 heavy (non-hydrogen) atoms. The molecular formula is C10H12N2O2. The van der Waals surface area contributed by atoms with Crippen LogP contribution in [0.3, 0.4) is 0 Å². The van der Waals surface area contributed by atoms with Crippen molar-refractivity contribution in [2.75, 3.05) is 7.11 Å². The van der Waals surface area contributed by atoms with Gasteiger partial charge in [-0.15, -0.1) is 0 Å². The zero-order chi connectivity index (χ0) is 10.4. The van der Waals surface area contributed by atoms with E-state index >= 15 is 0 Å². The highest BCUT2D eigenvalue weighted by atomic mass is 16.5. The lowest BCUT2D eigenvalue weighted by Gasteiger charge is -1.99. The first-order valence-electron chi connectivity index (χ1n) is 4.16. The summed E-state index contributed by atoms with van der Waals surface area (Å²) in [5, 5.41) is 3.74. The maximum atomic E-state index is 10.5. The summed E-state index contributed by atoms with van der Waals surface area (Å²) >= 11 is 0. The van der Waals surface area contributed by atoms with Crippen LogP contribution < -0.4 is 10.2 Å². The van der Waals surface area contributed by atoms with Crippen LogP contribution in [0, 0.1) is 0 Å². The molecule has 0 aliphatic rings. The zero-order valence-corrected chi connectivity index (χ0v) is 8.15. The summed E-state index contributed by atoms with van der Waals surface area (Å²) in [6, 6.07) is 7.39. The second-order valence-electron chi connectivity index (χ2n) is 2.70. The number of hydrogen-bond acceptors (Lipinski definition) is 3. The SMILES string of the molecule is COc1cccc(/C=N/NC(C)=O)c1. The summed E-state index contributed by atoms with van der Waals surface area (Å²) in [5.41, 5.74) is 3.19. The molecule has 0 atom stereocenters. The molecule has 1 aromatic carbocycles. The average molecular weight is 192 g/mol. The minimum absolute atomic E-state index is 0.191. The predicted molar refractivity (Wildman–Crippen MR) is 54.4 cm³/mol. The molecule has 0 aliphatic carbocycles. The Morgan fingerprint density at radius 3 is 3.00 bits per heavy atom. The van der Waals surface area contributed by atoms with E-state index in [1.165, 1.54) is 6.92 Å². The number of hydrazone groups is 1. The van der Waals surface area contributed by atoms with E-state index in [-0.39, 0.29) is 5.91 Å². The maximum absolute atomic E-state index is 10.5. The van der Waals surface area contributed by atoms with Gasteiger partial charge in [-0.3, -0.25) is 4.79 Å². The van der Waals surface area contributed by atoms with Gasteiger partial charge in [0.25, 0.3) is 0 Å². The minimum Gasteiger partial charge on any atom is -0.497 e. The van der Waals surface area contributed by atoms with Gasteiger partial charge in [0.1, 0.15) is 5.75 Å². The molecule has 74 valence electrons. The van der Waals surface area contributed by atoms with Crippen LogP contribution in [0.2, 0.25) is 0 Å². The number of carbonyl (C=O) groups is 1. The van der Waals surface area contributed by atoms with Gasteiger partial charge in [-0.1, -0.05) is 12.1 Å². The molecular weight excluding hydrogens is 180 g/mol. The van der Waals surface area contributed by atoms with E-state index in [1.54, 1.807) is 13.3 Å². The van der Waals surface area contributed by atoms with Crippen molar-refractivity contribution in [3.05, 3.63) is 29.8 Å². The molecule has 1 aromatic rings. The summed E-state index contributed by atoms with van der Waals surface area (Å²) in [6.45, 7) is 1.41. The van der Waals surface area contributed by atoms with Crippen molar-refractivity contribution < 1.29 is 9.53 Å². The first kappa shape index (κ1) is 10.2. The normalized spacial score (nSPS) is 10.1. The lowest BCUT2D eigenvalue weighted by Crippen LogP contribution is -2.12. The van der Waals surface area contributed by atoms with Gasteiger partial charge in [0.15, 0.2) is 0 Å². The van der Waals surface area contributed by atoms with Gasteiger partial charge in [-0.25, -0.2) is 5.43 Å². The number of nitrogens with one attached hydrogen (secondary N) is 1. The van der Waals surface area contributed by atoms with Crippen LogP contribution in [0.1, 0.15) is 12.5 Å². The average Bonchev–Trinajstić information content (AvgIpc) is 2.18. The van der Waals surface area contributed by atoms with Gasteiger partial charge in [0, 0.05) is 6.92 Å². The largest absolute Gasteiger partial charge is 0.497 e. The summed E-state index contributed by atoms with van der Waals surface area (Å²) < 4.78 is 5.03. The molecule has 0 saturated heterocycles. The zero-order valence-electron chi connectivity index (χ0n) is 8.15. The second-order valence-corrected chi connectivity index (χ2v) is 2.70. The topological polar surface area (TPSA) is 50.7 Å². The number of benzene rings is 1. The lowest BCUT2D eigenvalue weighted by molar-refractivity contribution is -0.118. The minimum atomic E-state index is -0.191. The van der Waals surface area contributed by atoms with E-state index in [0.29, 0.717) is 0 Å². The van der Waals surface area contributed by atoms with Gasteiger partial charge in [0.05, 0.1) is 13.3 Å². The van der Waals surface area contributed by atoms with Gasteiger partial charge in [-0.05, 0) is 17.7 Å². The Kier molecular flexibility index (Phi) is 3.67. The van der Waals surface area contributed by atoms with Crippen LogP contribution in [-0.2, 0) is 4.79 Å². The van der Waals surface area contributed by atoms with Gasteiger partial charge < -0.3 is 4.74 Å². The number of hydrogen-bond donors (Lipinski definition) is 1. The first-order chi connectivity index (χ1) is 6.72. The molecule has 0 unspecified atom stereocenters. The third-order valence-electron chi connectivity index (χ3n) is 1.53. The highest BCUT2D eigenvalue weighted by Crippen LogP contribution is 2.10. The fourth-order valence-electron chi connectivity index (χ4n) is 0.920. The van der Waals surface area contributed by atoms with E-state index in [4.69, 9.17) is 4.74 Å². The van der Waals surface area contributed by atoms with Crippen LogP contribution in [0.15, 0.2) is 29.4 Å². The summed E-state index contributed by atoms with van der Waals surface area (Å²) in [6.07, 6.45) is 1.56. The van der Waals surface area contributed by atoms with E-state index in [9.17, 15) is 4.79 Å². The van der Waals surface area contributed by atoms with Crippen molar-refractivity contribution in [1.82, 2.24) is 5.43 Å². The molecule has 0 aromatic heterocycles. The number of carbonyl (C=O) groups excluding carboxylic acids is 1. The molecule has 4 heteroatoms. The Labute approximate surface area is 82.6 Å². The molecule has 0 fully saturated rings. The van der Waals surface area contributed by atoms with Crippen molar-refractivity contribution in [2.24, 2.45) is 5.10 Å². The number of methoxy groups -OCH3 is 1. The summed E-state index contributed by atoms with van der Waals surface area (Å²) in [4.78, 5) is 10.5. The van der Waals surface area contributed by atoms with Crippen molar-refractivity contribution in [3.8, 4) is 5.75 Å². The Morgan fingerprint density at radius 2 is 2.36 bits per heavy atom. The van der Waals surface area contributed by atoms with E-state index in [1.807, 2.05) is 24.3 Å². The second kappa shape index (κ2) is 5.01. The predicted octanol–water partition coefficient (Wildman–Crippen LogP) is 1.17. The smallest absolute Gasteiger partial charge is 0.236 e. The quantitative estimate of drug-likeness (QED) is 0.577. The Bertz CT molecular complexity index is 348. The lowest BCUT2D eigenvalue weighted by atomic mass is 10.2. The number of amides is 1. The van der Waals surface area contributed by atoms with Crippen LogP contribution in [0.4, 0.5) is 0 Å². The Hall–Kier alpha value is -1.84. The van der Waals surface area contributed by atoms with Crippen LogP contribution in [0.25, 0.3) is 0 Å². The Balaban J connectivity index is 2.66. The van der Waals surface area contributed by atoms with Crippen molar-refractivity contribution in [3.63, 3.8) is 0 Å². The molecule has 1 rings (SSSR count). The third kappa shape index (κ3) is 3.26. The Morgan fingerprint density at radius 1 is 1.57 bits per heavy atom. The molecule has 0 saturated carbocycles. The fourth-order valence-corrected chi connectivity index (χ4v) is 0.920. The number of rotatable bonds is 3. The van der Waals surface area contributed by atoms with E-state index < -0.39 is 0 Å². The summed E-state index contributed by atoms with van der Waals surface area (Å²) in [7, 11) is 1.60. The molecule has 0 bridgehead atoms. The van der Waals surface area contributed by atoms with Crippen LogP contribution in [0.5, 0.6) is 5.75 Å². The van der Waals surface area contributed by atoms with E-state index in [0.717, 1.165) is 11.3 Å². The fraction of sp³-hybridized carbons (Fsp3) is 0.200. The highest BCUT2D eigenvalue weighted by molar-refractivity contribution is 5.82. The van der Waals surface area contributed by atoms with Gasteiger partial charge in [-0.2, -0.15) is 5.10 Å². The standard InChI is InChI=1S/C10H12N2O2/c1-8(13)12-11-7-9-4-3-5-10(6-9)14-2/h3-7H,1-2H3,(H,12,13)/b11-7+. The molecule has 0 spiro atoms. The molecule has 0 aliphatic heterocycles. The van der Waals surface area contributed by atoms with Gasteiger partial charge >= 0.3 is 0 Å². The van der Waals surface area contributed by atoms with E-state index in [2.05, 4.69) is 10.5 Å². The molecule has 1 N–H and O–H groups in total. The van der Waals surface area contributed by atoms with Crippen LogP contribution in [-0.4, -0.2) is 19.2 Å². The van der Waals surface area contributed by atoms with Crippen molar-refractivity contribution in [1.29, 1.82) is 0 Å². The van der Waals surface area contributed by atoms with Crippen LogP contribution >= 0.6 is 0 Å². The van der Waals surface area contributed by atoms with Crippen molar-refractivity contribution in [2.45, 2.75) is 6.92 Å². The molecule has 0 heterocycles. The van der Waals surface area contributed by atoms with Crippen molar-refractivity contribution >= 4 is 12.1 Å². The number of ether oxygens (including phenoxy) is 1. The first-order valence-corrected chi connectivity index (χ1v) is 4.16. The monoisotopic (exact) mass is 192 g/mol. The third-order valence-corrected chi connectivity index (χ3v) is 1.53. The summed E-state index contributed by atoms with van der Waals surface area (Å²) in [5.74, 6) is 0.570.